The topological polar surface area (TPSA) is 78.7 Å². The molecule has 0 aliphatic rings. The van der Waals surface area contributed by atoms with Crippen LogP contribution in [0.1, 0.15) is 26.3 Å². The summed E-state index contributed by atoms with van der Waals surface area (Å²) in [5, 5.41) is 11.7. The second-order valence-electron chi connectivity index (χ2n) is 4.92. The molecule has 0 saturated heterocycles. The Morgan fingerprint density at radius 3 is 2.53 bits per heavy atom. The van der Waals surface area contributed by atoms with Crippen molar-refractivity contribution in [2.75, 3.05) is 0 Å². The fourth-order valence-electron chi connectivity index (χ4n) is 1.26. The fourth-order valence-corrected chi connectivity index (χ4v) is 1.26. The number of rotatable bonds is 3. The van der Waals surface area contributed by atoms with E-state index in [4.69, 9.17) is 5.26 Å². The Labute approximate surface area is 101 Å². The van der Waals surface area contributed by atoms with Crippen LogP contribution in [0.4, 0.5) is 0 Å². The Bertz CT molecular complexity index is 416. The minimum atomic E-state index is -0.500. The van der Waals surface area contributed by atoms with Crippen LogP contribution >= 0.6 is 0 Å². The normalized spacial score (nSPS) is 12.6. The fraction of sp³-hybridized carbons (Fsp3) is 0.500. The zero-order chi connectivity index (χ0) is 12.9. The highest BCUT2D eigenvalue weighted by molar-refractivity contribution is 5.79. The molecular weight excluding hydrogens is 216 g/mol. The molecule has 1 unspecified atom stereocenters. The number of hydrogen-bond acceptors (Lipinski definition) is 4. The van der Waals surface area contributed by atoms with E-state index in [1.54, 1.807) is 12.4 Å². The third kappa shape index (κ3) is 4.19. The second kappa shape index (κ2) is 5.39. The molecule has 1 rings (SSSR count). The van der Waals surface area contributed by atoms with Crippen LogP contribution in [0.25, 0.3) is 0 Å². The second-order valence-corrected chi connectivity index (χ2v) is 4.92. The van der Waals surface area contributed by atoms with Crippen molar-refractivity contribution in [3.63, 3.8) is 0 Å². The maximum Gasteiger partial charge on any atom is 0.225 e. The molecule has 5 nitrogen and oxygen atoms in total. The van der Waals surface area contributed by atoms with Crippen molar-refractivity contribution in [2.24, 2.45) is 5.41 Å². The molecule has 0 aliphatic carbocycles. The van der Waals surface area contributed by atoms with Crippen LogP contribution in [0.3, 0.4) is 0 Å². The van der Waals surface area contributed by atoms with Crippen molar-refractivity contribution in [3.05, 3.63) is 24.3 Å². The van der Waals surface area contributed by atoms with Gasteiger partial charge in [0.15, 0.2) is 0 Å². The van der Waals surface area contributed by atoms with Crippen LogP contribution in [-0.4, -0.2) is 21.9 Å². The molecule has 1 aromatic heterocycles. The minimum Gasteiger partial charge on any atom is -0.340 e. The molecule has 1 N–H and O–H groups in total. The molecular formula is C12H16N4O. The Kier molecular flexibility index (Phi) is 4.16. The smallest absolute Gasteiger partial charge is 0.225 e. The molecule has 0 spiro atoms. The Hall–Kier alpha value is -1.96. The van der Waals surface area contributed by atoms with Crippen LogP contribution in [0.2, 0.25) is 0 Å². The molecule has 1 aromatic rings. The van der Waals surface area contributed by atoms with Crippen LogP contribution in [0, 0.1) is 16.7 Å². The lowest BCUT2D eigenvalue weighted by Crippen LogP contribution is -2.43. The number of nitrogens with zero attached hydrogens (tertiary/aromatic N) is 3. The van der Waals surface area contributed by atoms with E-state index in [1.165, 1.54) is 6.33 Å². The maximum atomic E-state index is 11.7. The third-order valence-electron chi connectivity index (χ3n) is 2.28. The predicted octanol–water partition coefficient (Wildman–Crippen LogP) is 1.07. The molecule has 0 aliphatic heterocycles. The summed E-state index contributed by atoms with van der Waals surface area (Å²) < 4.78 is 0. The summed E-state index contributed by atoms with van der Waals surface area (Å²) >= 11 is 0. The van der Waals surface area contributed by atoms with E-state index < -0.39 is 6.04 Å². The van der Waals surface area contributed by atoms with Crippen molar-refractivity contribution >= 4 is 5.91 Å². The Morgan fingerprint density at radius 2 is 2.06 bits per heavy atom. The molecule has 17 heavy (non-hydrogen) atoms. The van der Waals surface area contributed by atoms with E-state index in [-0.39, 0.29) is 17.7 Å². The van der Waals surface area contributed by atoms with Crippen molar-refractivity contribution in [1.29, 1.82) is 5.26 Å². The first kappa shape index (κ1) is 13.1. The van der Waals surface area contributed by atoms with Crippen LogP contribution in [0.15, 0.2) is 18.7 Å². The van der Waals surface area contributed by atoms with Crippen molar-refractivity contribution in [3.8, 4) is 6.07 Å². The van der Waals surface area contributed by atoms with Gasteiger partial charge in [-0.25, -0.2) is 9.97 Å². The van der Waals surface area contributed by atoms with Gasteiger partial charge in [0.05, 0.1) is 12.5 Å². The summed E-state index contributed by atoms with van der Waals surface area (Å²) in [6, 6.07) is 1.60. The molecule has 1 heterocycles. The zero-order valence-corrected chi connectivity index (χ0v) is 10.3. The zero-order valence-electron chi connectivity index (χ0n) is 10.3. The molecule has 0 saturated carbocycles. The van der Waals surface area contributed by atoms with Crippen LogP contribution < -0.4 is 5.32 Å². The molecule has 1 atom stereocenters. The van der Waals surface area contributed by atoms with Crippen LogP contribution in [-0.2, 0) is 11.2 Å². The molecule has 0 radical (unpaired) electrons. The summed E-state index contributed by atoms with van der Waals surface area (Å²) in [5.74, 6) is -0.193. The summed E-state index contributed by atoms with van der Waals surface area (Å²) in [4.78, 5) is 19.4. The van der Waals surface area contributed by atoms with E-state index in [9.17, 15) is 4.79 Å². The largest absolute Gasteiger partial charge is 0.340 e. The Balaban J connectivity index is 2.59. The van der Waals surface area contributed by atoms with E-state index in [1.807, 2.05) is 20.8 Å². The van der Waals surface area contributed by atoms with Gasteiger partial charge < -0.3 is 5.32 Å². The van der Waals surface area contributed by atoms with Crippen molar-refractivity contribution in [2.45, 2.75) is 33.2 Å². The van der Waals surface area contributed by atoms with Gasteiger partial charge in [-0.1, -0.05) is 20.8 Å². The van der Waals surface area contributed by atoms with Gasteiger partial charge in [-0.15, -0.1) is 0 Å². The minimum absolute atomic E-state index is 0.190. The van der Waals surface area contributed by atoms with E-state index in [2.05, 4.69) is 21.4 Å². The first-order valence-corrected chi connectivity index (χ1v) is 5.36. The molecule has 90 valence electrons. The lowest BCUT2D eigenvalue weighted by Gasteiger charge is -2.25. The summed E-state index contributed by atoms with van der Waals surface area (Å²) in [6.45, 7) is 5.73. The number of carbonyl (C=O) groups is 1. The lowest BCUT2D eigenvalue weighted by molar-refractivity contribution is -0.121. The molecule has 1 amide bonds. The van der Waals surface area contributed by atoms with E-state index in [0.717, 1.165) is 5.56 Å². The average molecular weight is 232 g/mol. The van der Waals surface area contributed by atoms with Crippen molar-refractivity contribution in [1.82, 2.24) is 15.3 Å². The maximum absolute atomic E-state index is 11.7. The number of amides is 1. The van der Waals surface area contributed by atoms with E-state index >= 15 is 0 Å². The van der Waals surface area contributed by atoms with Gasteiger partial charge in [0.1, 0.15) is 12.4 Å². The molecule has 0 fully saturated rings. The molecule has 5 heteroatoms. The average Bonchev–Trinajstić information content (AvgIpc) is 2.25. The van der Waals surface area contributed by atoms with Gasteiger partial charge >= 0.3 is 0 Å². The van der Waals surface area contributed by atoms with Gasteiger partial charge in [-0.3, -0.25) is 4.79 Å². The number of nitrogens with one attached hydrogen (secondary N) is 1. The third-order valence-corrected chi connectivity index (χ3v) is 2.28. The standard InChI is InChI=1S/C12H16N4O/c1-12(2,3)10(5-13)16-11(17)4-9-6-14-8-15-7-9/h6-8,10H,4H2,1-3H3,(H,16,17). The first-order chi connectivity index (χ1) is 7.93. The highest BCUT2D eigenvalue weighted by Crippen LogP contribution is 2.18. The first-order valence-electron chi connectivity index (χ1n) is 5.36. The van der Waals surface area contributed by atoms with Gasteiger partial charge in [0.2, 0.25) is 5.91 Å². The highest BCUT2D eigenvalue weighted by Gasteiger charge is 2.25. The predicted molar refractivity (Wildman–Crippen MR) is 62.7 cm³/mol. The number of nitriles is 1. The number of carbonyl (C=O) groups excluding carboxylic acids is 1. The van der Waals surface area contributed by atoms with Crippen LogP contribution in [0.5, 0.6) is 0 Å². The summed E-state index contributed by atoms with van der Waals surface area (Å²) in [5.41, 5.74) is 0.452. The highest BCUT2D eigenvalue weighted by atomic mass is 16.1. The summed E-state index contributed by atoms with van der Waals surface area (Å²) in [7, 11) is 0. The quantitative estimate of drug-likeness (QED) is 0.845. The van der Waals surface area contributed by atoms with E-state index in [0.29, 0.717) is 0 Å². The van der Waals surface area contributed by atoms with Gasteiger partial charge in [-0.05, 0) is 11.0 Å². The Morgan fingerprint density at radius 1 is 1.47 bits per heavy atom. The van der Waals surface area contributed by atoms with Gasteiger partial charge in [-0.2, -0.15) is 5.26 Å². The van der Waals surface area contributed by atoms with Crippen molar-refractivity contribution < 1.29 is 4.79 Å². The molecule has 0 bridgehead atoms. The molecule has 0 aromatic carbocycles. The number of aromatic nitrogens is 2. The summed E-state index contributed by atoms with van der Waals surface area (Å²) in [6.07, 6.45) is 4.78. The van der Waals surface area contributed by atoms with Gasteiger partial charge in [0, 0.05) is 12.4 Å². The van der Waals surface area contributed by atoms with Gasteiger partial charge in [0.25, 0.3) is 0 Å². The SMILES string of the molecule is CC(C)(C)C(C#N)NC(=O)Cc1cncnc1. The monoisotopic (exact) mass is 232 g/mol. The number of hydrogen-bond donors (Lipinski definition) is 1. The lowest BCUT2D eigenvalue weighted by atomic mass is 9.87.